The Balaban J connectivity index is 1.31. The van der Waals surface area contributed by atoms with E-state index in [0.717, 1.165) is 32.9 Å². The summed E-state index contributed by atoms with van der Waals surface area (Å²) < 4.78 is 6.62. The standard InChI is InChI=1S/C20H19N3O3S/c1-13(24)23-9-8-14-10-15(6-7-17(14)23)21-19(25)11-26-12-20-22-16-4-2-3-5-18(16)27-20/h2-7,10H,8-9,11-12H2,1H3,(H,21,25). The number of carbonyl (C=O) groups excluding carboxylic acids is 2. The second kappa shape index (κ2) is 7.46. The number of hydrogen-bond acceptors (Lipinski definition) is 5. The SMILES string of the molecule is CC(=O)N1CCc2cc(NC(=O)COCc3nc4ccccc4s3)ccc21. The molecular weight excluding hydrogens is 362 g/mol. The van der Waals surface area contributed by atoms with E-state index in [1.165, 1.54) is 0 Å². The van der Waals surface area contributed by atoms with Gasteiger partial charge in [-0.25, -0.2) is 4.98 Å². The molecule has 0 spiro atoms. The van der Waals surface area contributed by atoms with E-state index >= 15 is 0 Å². The lowest BCUT2D eigenvalue weighted by molar-refractivity contribution is -0.121. The number of thiazole rings is 1. The zero-order valence-corrected chi connectivity index (χ0v) is 15.7. The molecule has 0 aliphatic carbocycles. The Morgan fingerprint density at radius 1 is 1.26 bits per heavy atom. The number of nitrogens with zero attached hydrogens (tertiary/aromatic N) is 2. The van der Waals surface area contributed by atoms with Crippen molar-refractivity contribution in [3.05, 3.63) is 53.0 Å². The molecule has 0 bridgehead atoms. The Bertz CT molecular complexity index is 982. The Kier molecular flexibility index (Phi) is 4.87. The van der Waals surface area contributed by atoms with Gasteiger partial charge < -0.3 is 15.0 Å². The van der Waals surface area contributed by atoms with Crippen molar-refractivity contribution in [1.29, 1.82) is 0 Å². The first-order valence-corrected chi connectivity index (χ1v) is 9.55. The smallest absolute Gasteiger partial charge is 0.250 e. The summed E-state index contributed by atoms with van der Waals surface area (Å²) >= 11 is 1.57. The second-order valence-corrected chi connectivity index (χ2v) is 7.50. The molecule has 0 saturated carbocycles. The van der Waals surface area contributed by atoms with E-state index in [1.54, 1.807) is 23.2 Å². The first-order valence-electron chi connectivity index (χ1n) is 8.73. The summed E-state index contributed by atoms with van der Waals surface area (Å²) in [5.74, 6) is -0.175. The van der Waals surface area contributed by atoms with Gasteiger partial charge in [-0.1, -0.05) is 12.1 Å². The first kappa shape index (κ1) is 17.6. The van der Waals surface area contributed by atoms with E-state index in [-0.39, 0.29) is 18.4 Å². The molecule has 1 N–H and O–H groups in total. The van der Waals surface area contributed by atoms with Gasteiger partial charge in [-0.05, 0) is 42.3 Å². The summed E-state index contributed by atoms with van der Waals surface area (Å²) in [6, 6.07) is 13.5. The van der Waals surface area contributed by atoms with Crippen LogP contribution in [-0.4, -0.2) is 29.9 Å². The van der Waals surface area contributed by atoms with Gasteiger partial charge >= 0.3 is 0 Å². The summed E-state index contributed by atoms with van der Waals surface area (Å²) in [7, 11) is 0. The third-order valence-electron chi connectivity index (χ3n) is 4.44. The number of para-hydroxylation sites is 1. The molecular formula is C20H19N3O3S. The minimum atomic E-state index is -0.211. The maximum atomic E-state index is 12.1. The number of ether oxygens (including phenoxy) is 1. The molecule has 138 valence electrons. The van der Waals surface area contributed by atoms with Crippen molar-refractivity contribution < 1.29 is 14.3 Å². The Morgan fingerprint density at radius 2 is 2.11 bits per heavy atom. The summed E-state index contributed by atoms with van der Waals surface area (Å²) in [5, 5.41) is 3.70. The largest absolute Gasteiger partial charge is 0.364 e. The highest BCUT2D eigenvalue weighted by molar-refractivity contribution is 7.18. The summed E-state index contributed by atoms with van der Waals surface area (Å²) in [4.78, 5) is 30.0. The third-order valence-corrected chi connectivity index (χ3v) is 5.45. The topological polar surface area (TPSA) is 71.5 Å². The van der Waals surface area contributed by atoms with Crippen LogP contribution in [0.1, 0.15) is 17.5 Å². The minimum absolute atomic E-state index is 0.0351. The number of fused-ring (bicyclic) bond motifs is 2. The third kappa shape index (κ3) is 3.84. The fourth-order valence-corrected chi connectivity index (χ4v) is 4.12. The van der Waals surface area contributed by atoms with Crippen LogP contribution in [0.3, 0.4) is 0 Å². The number of carbonyl (C=O) groups is 2. The van der Waals surface area contributed by atoms with Gasteiger partial charge in [0.25, 0.3) is 0 Å². The zero-order valence-electron chi connectivity index (χ0n) is 14.9. The van der Waals surface area contributed by atoms with Crippen molar-refractivity contribution in [3.8, 4) is 0 Å². The van der Waals surface area contributed by atoms with E-state index in [1.807, 2.05) is 42.5 Å². The van der Waals surface area contributed by atoms with E-state index in [0.29, 0.717) is 18.8 Å². The number of nitrogens with one attached hydrogen (secondary N) is 1. The molecule has 4 rings (SSSR count). The van der Waals surface area contributed by atoms with Gasteiger partial charge in [0.2, 0.25) is 11.8 Å². The quantitative estimate of drug-likeness (QED) is 0.736. The van der Waals surface area contributed by atoms with Gasteiger partial charge in [0.1, 0.15) is 11.6 Å². The van der Waals surface area contributed by atoms with Gasteiger partial charge in [0, 0.05) is 24.8 Å². The number of hydrogen-bond donors (Lipinski definition) is 1. The molecule has 1 aromatic heterocycles. The molecule has 7 heteroatoms. The number of anilines is 2. The summed E-state index contributed by atoms with van der Waals surface area (Å²) in [6.07, 6.45) is 0.798. The van der Waals surface area contributed by atoms with Crippen molar-refractivity contribution in [2.45, 2.75) is 20.0 Å². The molecule has 2 heterocycles. The maximum Gasteiger partial charge on any atom is 0.250 e. The van der Waals surface area contributed by atoms with Crippen LogP contribution in [0.15, 0.2) is 42.5 Å². The lowest BCUT2D eigenvalue weighted by Gasteiger charge is -2.15. The molecule has 2 aromatic carbocycles. The van der Waals surface area contributed by atoms with Crippen LogP contribution < -0.4 is 10.2 Å². The van der Waals surface area contributed by atoms with Crippen LogP contribution in [0.4, 0.5) is 11.4 Å². The molecule has 6 nitrogen and oxygen atoms in total. The van der Waals surface area contributed by atoms with Gasteiger partial charge in [0.05, 0.1) is 16.8 Å². The van der Waals surface area contributed by atoms with Crippen molar-refractivity contribution in [2.24, 2.45) is 0 Å². The highest BCUT2D eigenvalue weighted by atomic mass is 32.1. The van der Waals surface area contributed by atoms with Crippen LogP contribution in [0, 0.1) is 0 Å². The van der Waals surface area contributed by atoms with Crippen LogP contribution in [-0.2, 0) is 27.4 Å². The summed E-state index contributed by atoms with van der Waals surface area (Å²) in [6.45, 7) is 2.53. The maximum absolute atomic E-state index is 12.1. The second-order valence-electron chi connectivity index (χ2n) is 6.38. The zero-order chi connectivity index (χ0) is 18.8. The van der Waals surface area contributed by atoms with Gasteiger partial charge in [0.15, 0.2) is 0 Å². The van der Waals surface area contributed by atoms with Gasteiger partial charge in [-0.3, -0.25) is 9.59 Å². The number of amides is 2. The van der Waals surface area contributed by atoms with Crippen molar-refractivity contribution in [2.75, 3.05) is 23.4 Å². The average molecular weight is 381 g/mol. The van der Waals surface area contributed by atoms with Crippen LogP contribution in [0.5, 0.6) is 0 Å². The molecule has 0 unspecified atom stereocenters. The van der Waals surface area contributed by atoms with E-state index in [9.17, 15) is 9.59 Å². The van der Waals surface area contributed by atoms with Crippen molar-refractivity contribution >= 4 is 44.7 Å². The van der Waals surface area contributed by atoms with Crippen LogP contribution >= 0.6 is 11.3 Å². The monoisotopic (exact) mass is 381 g/mol. The highest BCUT2D eigenvalue weighted by Crippen LogP contribution is 2.30. The molecule has 0 fully saturated rings. The average Bonchev–Trinajstić information content (AvgIpc) is 3.24. The van der Waals surface area contributed by atoms with E-state index < -0.39 is 0 Å². The molecule has 3 aromatic rings. The number of benzene rings is 2. The molecule has 0 saturated heterocycles. The number of aromatic nitrogens is 1. The van der Waals surface area contributed by atoms with Crippen molar-refractivity contribution in [1.82, 2.24) is 4.98 Å². The fraction of sp³-hybridized carbons (Fsp3) is 0.250. The van der Waals surface area contributed by atoms with Gasteiger partial charge in [-0.15, -0.1) is 11.3 Å². The molecule has 1 aliphatic heterocycles. The predicted molar refractivity (Wildman–Crippen MR) is 106 cm³/mol. The molecule has 1 aliphatic rings. The Morgan fingerprint density at radius 3 is 2.93 bits per heavy atom. The van der Waals surface area contributed by atoms with E-state index in [4.69, 9.17) is 4.74 Å². The highest BCUT2D eigenvalue weighted by Gasteiger charge is 2.22. The molecule has 0 radical (unpaired) electrons. The Hall–Kier alpha value is -2.77. The Labute approximate surface area is 160 Å². The number of rotatable bonds is 5. The van der Waals surface area contributed by atoms with Crippen LogP contribution in [0.25, 0.3) is 10.2 Å². The normalized spacial score (nSPS) is 13.0. The predicted octanol–water partition coefficient (Wildman–Crippen LogP) is 3.36. The molecule has 0 atom stereocenters. The first-order chi connectivity index (χ1) is 13.1. The minimum Gasteiger partial charge on any atom is -0.364 e. The summed E-state index contributed by atoms with van der Waals surface area (Å²) in [5.41, 5.74) is 3.65. The van der Waals surface area contributed by atoms with Gasteiger partial charge in [-0.2, -0.15) is 0 Å². The van der Waals surface area contributed by atoms with Crippen molar-refractivity contribution in [3.63, 3.8) is 0 Å². The van der Waals surface area contributed by atoms with Crippen LogP contribution in [0.2, 0.25) is 0 Å². The molecule has 2 amide bonds. The lowest BCUT2D eigenvalue weighted by atomic mass is 10.1. The van der Waals surface area contributed by atoms with E-state index in [2.05, 4.69) is 10.3 Å². The molecule has 27 heavy (non-hydrogen) atoms. The fourth-order valence-electron chi connectivity index (χ4n) is 3.22. The lowest BCUT2D eigenvalue weighted by Crippen LogP contribution is -2.25.